The first-order valence-electron chi connectivity index (χ1n) is 9.47. The number of carbonyl (C=O) groups excluding carboxylic acids is 2. The second-order valence-corrected chi connectivity index (χ2v) is 7.91. The van der Waals surface area contributed by atoms with Crippen molar-refractivity contribution >= 4 is 11.8 Å². The number of aromatic nitrogens is 1. The molecule has 1 saturated carbocycles. The van der Waals surface area contributed by atoms with E-state index in [4.69, 9.17) is 5.21 Å². The van der Waals surface area contributed by atoms with E-state index >= 15 is 0 Å². The second kappa shape index (κ2) is 6.63. The molecule has 1 spiro atoms. The minimum absolute atomic E-state index is 0.0888. The van der Waals surface area contributed by atoms with E-state index in [9.17, 15) is 9.59 Å². The number of nitrogens with zero attached hydrogens (tertiary/aromatic N) is 3. The van der Waals surface area contributed by atoms with E-state index in [0.29, 0.717) is 11.6 Å². The van der Waals surface area contributed by atoms with Crippen molar-refractivity contribution in [3.63, 3.8) is 0 Å². The van der Waals surface area contributed by atoms with E-state index in [1.54, 1.807) is 12.4 Å². The lowest BCUT2D eigenvalue weighted by Gasteiger charge is -2.59. The van der Waals surface area contributed by atoms with Gasteiger partial charge in [0, 0.05) is 44.3 Å². The molecular weight excluding hydrogens is 332 g/mol. The molecule has 0 aromatic carbocycles. The summed E-state index contributed by atoms with van der Waals surface area (Å²) in [5.74, 6) is -0.311. The van der Waals surface area contributed by atoms with Crippen molar-refractivity contribution in [1.29, 1.82) is 0 Å². The van der Waals surface area contributed by atoms with Crippen LogP contribution in [0.4, 0.5) is 0 Å². The maximum Gasteiger partial charge on any atom is 0.276 e. The number of rotatable bonds is 2. The lowest BCUT2D eigenvalue weighted by Crippen LogP contribution is -2.66. The summed E-state index contributed by atoms with van der Waals surface area (Å²) >= 11 is 0. The Bertz CT molecular complexity index is 729. The summed E-state index contributed by atoms with van der Waals surface area (Å²) in [4.78, 5) is 32.6. The molecule has 1 saturated heterocycles. The number of hydrogen-bond donors (Lipinski definition) is 2. The van der Waals surface area contributed by atoms with Gasteiger partial charge >= 0.3 is 0 Å². The Labute approximate surface area is 153 Å². The summed E-state index contributed by atoms with van der Waals surface area (Å²) < 4.78 is 0. The molecule has 7 heteroatoms. The lowest BCUT2D eigenvalue weighted by molar-refractivity contribution is -0.148. The number of piperidine rings is 1. The average molecular weight is 358 g/mol. The molecule has 2 N–H and O–H groups in total. The molecule has 3 heterocycles. The van der Waals surface area contributed by atoms with Gasteiger partial charge < -0.3 is 4.90 Å². The maximum atomic E-state index is 12.0. The topological polar surface area (TPSA) is 85.8 Å². The average Bonchev–Trinajstić information content (AvgIpc) is 2.64. The fourth-order valence-corrected chi connectivity index (χ4v) is 5.02. The zero-order chi connectivity index (χ0) is 18.3. The van der Waals surface area contributed by atoms with Crippen LogP contribution in [0.1, 0.15) is 60.6 Å². The minimum atomic E-state index is -0.523. The van der Waals surface area contributed by atoms with Crippen LogP contribution in [0.5, 0.6) is 0 Å². The molecule has 0 radical (unpaired) electrons. The Morgan fingerprint density at radius 2 is 2.12 bits per heavy atom. The highest BCUT2D eigenvalue weighted by Gasteiger charge is 2.52. The van der Waals surface area contributed by atoms with E-state index in [1.165, 1.54) is 12.6 Å². The van der Waals surface area contributed by atoms with E-state index in [-0.39, 0.29) is 11.4 Å². The van der Waals surface area contributed by atoms with Gasteiger partial charge in [0.05, 0.1) is 11.3 Å². The van der Waals surface area contributed by atoms with Crippen LogP contribution in [0.15, 0.2) is 12.3 Å². The van der Waals surface area contributed by atoms with Gasteiger partial charge in [-0.25, -0.2) is 5.48 Å². The van der Waals surface area contributed by atoms with Gasteiger partial charge in [0.25, 0.3) is 5.91 Å². The van der Waals surface area contributed by atoms with E-state index in [1.807, 2.05) is 6.07 Å². The standard InChI is InChI=1S/C19H26N4O3/c1-13(24)23-6-3-2-5-19(23)9-16(10-19)22-7-4-14-8-15(18(25)21-26)11-20-17(14)12-22/h8,11,16,26H,2-7,9-10,12H2,1H3,(H,21,25). The van der Waals surface area contributed by atoms with Gasteiger partial charge in [0.1, 0.15) is 0 Å². The van der Waals surface area contributed by atoms with Gasteiger partial charge in [-0.3, -0.25) is 24.7 Å². The fraction of sp³-hybridized carbons (Fsp3) is 0.632. The summed E-state index contributed by atoms with van der Waals surface area (Å²) in [6, 6.07) is 2.33. The molecule has 140 valence electrons. The van der Waals surface area contributed by atoms with Crippen LogP contribution in [0.3, 0.4) is 0 Å². The van der Waals surface area contributed by atoms with Gasteiger partial charge in [-0.1, -0.05) is 0 Å². The van der Waals surface area contributed by atoms with Crippen molar-refractivity contribution in [1.82, 2.24) is 20.3 Å². The predicted molar refractivity (Wildman–Crippen MR) is 94.6 cm³/mol. The molecule has 7 nitrogen and oxygen atoms in total. The predicted octanol–water partition coefficient (Wildman–Crippen LogP) is 1.49. The highest BCUT2D eigenvalue weighted by molar-refractivity contribution is 5.93. The van der Waals surface area contributed by atoms with Crippen LogP contribution in [0.25, 0.3) is 0 Å². The molecule has 1 aliphatic carbocycles. The molecule has 4 rings (SSSR count). The van der Waals surface area contributed by atoms with Crippen molar-refractivity contribution in [2.24, 2.45) is 0 Å². The summed E-state index contributed by atoms with van der Waals surface area (Å²) in [7, 11) is 0. The molecule has 0 atom stereocenters. The third-order valence-corrected chi connectivity index (χ3v) is 6.42. The third kappa shape index (κ3) is 2.89. The summed E-state index contributed by atoms with van der Waals surface area (Å²) in [6.07, 6.45) is 7.97. The molecule has 2 amide bonds. The lowest BCUT2D eigenvalue weighted by atomic mass is 9.66. The summed E-state index contributed by atoms with van der Waals surface area (Å²) in [6.45, 7) is 4.33. The molecule has 26 heavy (non-hydrogen) atoms. The van der Waals surface area contributed by atoms with E-state index in [0.717, 1.165) is 63.0 Å². The molecule has 3 aliphatic rings. The van der Waals surface area contributed by atoms with Crippen molar-refractivity contribution in [3.8, 4) is 0 Å². The Balaban J connectivity index is 1.43. The Morgan fingerprint density at radius 3 is 2.85 bits per heavy atom. The van der Waals surface area contributed by atoms with Crippen LogP contribution >= 0.6 is 0 Å². The number of likely N-dealkylation sites (tertiary alicyclic amines) is 1. The van der Waals surface area contributed by atoms with Crippen LogP contribution in [-0.4, -0.2) is 56.5 Å². The SMILES string of the molecule is CC(=O)N1CCCCC12CC(N1CCc3cc(C(=O)NO)cnc3C1)C2. The fourth-order valence-electron chi connectivity index (χ4n) is 5.02. The largest absolute Gasteiger partial charge is 0.337 e. The number of fused-ring (bicyclic) bond motifs is 1. The molecule has 1 aromatic rings. The first kappa shape index (κ1) is 17.4. The quantitative estimate of drug-likeness (QED) is 0.618. The number of carbonyl (C=O) groups is 2. The van der Waals surface area contributed by atoms with Gasteiger partial charge in [-0.05, 0) is 50.2 Å². The summed E-state index contributed by atoms with van der Waals surface area (Å²) in [5.41, 5.74) is 4.23. The molecule has 1 aromatic heterocycles. The molecule has 2 fully saturated rings. The van der Waals surface area contributed by atoms with Gasteiger partial charge in [0.15, 0.2) is 0 Å². The Hall–Kier alpha value is -1.99. The first-order valence-corrected chi connectivity index (χ1v) is 9.47. The number of hydrogen-bond acceptors (Lipinski definition) is 5. The van der Waals surface area contributed by atoms with Crippen LogP contribution in [0, 0.1) is 0 Å². The highest BCUT2D eigenvalue weighted by Crippen LogP contribution is 2.47. The number of amides is 2. The van der Waals surface area contributed by atoms with E-state index in [2.05, 4.69) is 14.8 Å². The van der Waals surface area contributed by atoms with Gasteiger partial charge in [0.2, 0.25) is 5.91 Å². The van der Waals surface area contributed by atoms with Crippen molar-refractivity contribution in [2.45, 2.75) is 63.6 Å². The van der Waals surface area contributed by atoms with Gasteiger partial charge in [-0.2, -0.15) is 0 Å². The number of nitrogens with one attached hydrogen (secondary N) is 1. The normalized spacial score (nSPS) is 28.4. The summed E-state index contributed by atoms with van der Waals surface area (Å²) in [5, 5.41) is 8.76. The first-order chi connectivity index (χ1) is 12.5. The third-order valence-electron chi connectivity index (χ3n) is 6.42. The molecule has 2 aliphatic heterocycles. The van der Waals surface area contributed by atoms with Crippen molar-refractivity contribution < 1.29 is 14.8 Å². The number of pyridine rings is 1. The minimum Gasteiger partial charge on any atom is -0.337 e. The molecule has 0 bridgehead atoms. The van der Waals surface area contributed by atoms with Crippen LogP contribution in [-0.2, 0) is 17.8 Å². The number of hydroxylamine groups is 1. The highest BCUT2D eigenvalue weighted by atomic mass is 16.5. The molecule has 0 unspecified atom stereocenters. The zero-order valence-electron chi connectivity index (χ0n) is 15.2. The second-order valence-electron chi connectivity index (χ2n) is 7.91. The maximum absolute atomic E-state index is 12.0. The van der Waals surface area contributed by atoms with Crippen molar-refractivity contribution in [3.05, 3.63) is 29.1 Å². The van der Waals surface area contributed by atoms with Crippen LogP contribution < -0.4 is 5.48 Å². The molecular formula is C19H26N4O3. The van der Waals surface area contributed by atoms with Gasteiger partial charge in [-0.15, -0.1) is 0 Å². The monoisotopic (exact) mass is 358 g/mol. The van der Waals surface area contributed by atoms with Crippen LogP contribution in [0.2, 0.25) is 0 Å². The zero-order valence-corrected chi connectivity index (χ0v) is 15.2. The smallest absolute Gasteiger partial charge is 0.276 e. The van der Waals surface area contributed by atoms with Crippen molar-refractivity contribution in [2.75, 3.05) is 13.1 Å². The van der Waals surface area contributed by atoms with E-state index < -0.39 is 5.91 Å². The Kier molecular flexibility index (Phi) is 4.44. The Morgan fingerprint density at radius 1 is 1.31 bits per heavy atom.